The van der Waals surface area contributed by atoms with E-state index in [2.05, 4.69) is 4.74 Å². The van der Waals surface area contributed by atoms with E-state index < -0.39 is 22.8 Å². The minimum absolute atomic E-state index is 0.253. The van der Waals surface area contributed by atoms with Gasteiger partial charge in [0, 0.05) is 0 Å². The van der Waals surface area contributed by atoms with Crippen LogP contribution in [0.4, 0.5) is 0 Å². The molecule has 5 heteroatoms. The van der Waals surface area contributed by atoms with Crippen LogP contribution in [0.1, 0.15) is 13.8 Å². The van der Waals surface area contributed by atoms with E-state index in [1.54, 1.807) is 6.92 Å². The van der Waals surface area contributed by atoms with Crippen molar-refractivity contribution >= 4 is 29.2 Å². The lowest BCUT2D eigenvalue weighted by atomic mass is 10.1. The number of aliphatic hydroxyl groups is 1. The van der Waals surface area contributed by atoms with Gasteiger partial charge in [-0.2, -0.15) is 0 Å². The summed E-state index contributed by atoms with van der Waals surface area (Å²) in [7, 11) is 0. The summed E-state index contributed by atoms with van der Waals surface area (Å²) in [6.45, 7) is 3.37. The average Bonchev–Trinajstić information content (AvgIpc) is 1.85. The number of alkyl halides is 2. The molecule has 12 heavy (non-hydrogen) atoms. The molecular formula is C7H12Cl2O3. The monoisotopic (exact) mass is 214 g/mol. The van der Waals surface area contributed by atoms with Crippen molar-refractivity contribution in [3.63, 3.8) is 0 Å². The molecule has 0 spiro atoms. The van der Waals surface area contributed by atoms with Crippen molar-refractivity contribution in [1.29, 1.82) is 0 Å². The Balaban J connectivity index is 4.20. The Kier molecular flexibility index (Phi) is 5.63. The lowest BCUT2D eigenvalue weighted by Gasteiger charge is -2.18. The van der Waals surface area contributed by atoms with Crippen molar-refractivity contribution in [1.82, 2.24) is 0 Å². The second kappa shape index (κ2) is 5.62. The van der Waals surface area contributed by atoms with Crippen LogP contribution >= 0.6 is 23.2 Å². The summed E-state index contributed by atoms with van der Waals surface area (Å²) >= 11 is 10.9. The fraction of sp³-hybridized carbons (Fsp3) is 0.857. The SMILES string of the molecule is CCOC(=O)C(C(C)O)C(Cl)Cl. The van der Waals surface area contributed by atoms with Crippen LogP contribution in [0.25, 0.3) is 0 Å². The molecule has 0 heterocycles. The smallest absolute Gasteiger partial charge is 0.314 e. The van der Waals surface area contributed by atoms with Crippen LogP contribution in [0.3, 0.4) is 0 Å². The first-order valence-electron chi connectivity index (χ1n) is 3.63. The number of carbonyl (C=O) groups is 1. The molecular weight excluding hydrogens is 203 g/mol. The summed E-state index contributed by atoms with van der Waals surface area (Å²) in [5.74, 6) is -1.43. The third kappa shape index (κ3) is 3.61. The number of halogens is 2. The third-order valence-corrected chi connectivity index (χ3v) is 1.89. The maximum absolute atomic E-state index is 11.1. The molecule has 0 rings (SSSR count). The molecule has 0 aromatic carbocycles. The first-order chi connectivity index (χ1) is 5.50. The zero-order chi connectivity index (χ0) is 9.72. The van der Waals surface area contributed by atoms with Gasteiger partial charge in [0.2, 0.25) is 0 Å². The predicted octanol–water partition coefficient (Wildman–Crippen LogP) is 1.35. The number of hydrogen-bond donors (Lipinski definition) is 1. The Morgan fingerprint density at radius 1 is 1.58 bits per heavy atom. The van der Waals surface area contributed by atoms with Gasteiger partial charge in [-0.1, -0.05) is 0 Å². The highest BCUT2D eigenvalue weighted by Gasteiger charge is 2.31. The van der Waals surface area contributed by atoms with Gasteiger partial charge < -0.3 is 9.84 Å². The number of esters is 1. The highest BCUT2D eigenvalue weighted by molar-refractivity contribution is 6.45. The highest BCUT2D eigenvalue weighted by atomic mass is 35.5. The summed E-state index contributed by atoms with van der Waals surface area (Å²) in [6.07, 6.45) is -0.899. The Morgan fingerprint density at radius 2 is 2.08 bits per heavy atom. The number of ether oxygens (including phenoxy) is 1. The molecule has 0 radical (unpaired) electrons. The van der Waals surface area contributed by atoms with Gasteiger partial charge in [0.25, 0.3) is 0 Å². The molecule has 0 amide bonds. The molecule has 0 aromatic heterocycles. The molecule has 2 unspecified atom stereocenters. The summed E-state index contributed by atoms with van der Waals surface area (Å²) in [5.41, 5.74) is 0. The van der Waals surface area contributed by atoms with Crippen molar-refractivity contribution in [2.75, 3.05) is 6.61 Å². The van der Waals surface area contributed by atoms with Crippen molar-refractivity contribution < 1.29 is 14.6 Å². The average molecular weight is 215 g/mol. The minimum Gasteiger partial charge on any atom is -0.466 e. The normalized spacial score (nSPS) is 15.8. The Bertz CT molecular complexity index is 140. The lowest BCUT2D eigenvalue weighted by molar-refractivity contribution is -0.150. The van der Waals surface area contributed by atoms with Gasteiger partial charge in [-0.3, -0.25) is 4.79 Å². The largest absolute Gasteiger partial charge is 0.466 e. The summed E-state index contributed by atoms with van der Waals surface area (Å²) < 4.78 is 4.66. The number of rotatable bonds is 4. The fourth-order valence-corrected chi connectivity index (χ4v) is 1.38. The molecule has 1 N–H and O–H groups in total. The second-order valence-electron chi connectivity index (χ2n) is 2.35. The molecule has 0 bridgehead atoms. The van der Waals surface area contributed by atoms with Crippen LogP contribution in [-0.4, -0.2) is 28.6 Å². The van der Waals surface area contributed by atoms with Gasteiger partial charge in [-0.05, 0) is 13.8 Å². The first kappa shape index (κ1) is 12.0. The van der Waals surface area contributed by atoms with Crippen LogP contribution in [0, 0.1) is 5.92 Å². The Labute approximate surface area is 81.6 Å². The van der Waals surface area contributed by atoms with Crippen molar-refractivity contribution in [2.24, 2.45) is 5.92 Å². The summed E-state index contributed by atoms with van der Waals surface area (Å²) in [4.78, 5) is 10.1. The van der Waals surface area contributed by atoms with E-state index in [1.807, 2.05) is 0 Å². The standard InChI is InChI=1S/C7H12Cl2O3/c1-3-12-7(11)5(4(2)10)6(8)9/h4-6,10H,3H2,1-2H3. The fourth-order valence-electron chi connectivity index (χ4n) is 0.749. The van der Waals surface area contributed by atoms with E-state index in [-0.39, 0.29) is 6.61 Å². The highest BCUT2D eigenvalue weighted by Crippen LogP contribution is 2.20. The Hall–Kier alpha value is 0.01000. The van der Waals surface area contributed by atoms with E-state index in [0.717, 1.165) is 0 Å². The summed E-state index contributed by atoms with van der Waals surface area (Å²) in [5, 5.41) is 9.11. The van der Waals surface area contributed by atoms with Crippen LogP contribution < -0.4 is 0 Å². The maximum Gasteiger partial charge on any atom is 0.314 e. The quantitative estimate of drug-likeness (QED) is 0.568. The minimum atomic E-state index is -0.941. The molecule has 3 nitrogen and oxygen atoms in total. The van der Waals surface area contributed by atoms with E-state index in [0.29, 0.717) is 0 Å². The predicted molar refractivity (Wildman–Crippen MR) is 47.3 cm³/mol. The van der Waals surface area contributed by atoms with Crippen LogP contribution in [0.5, 0.6) is 0 Å². The van der Waals surface area contributed by atoms with E-state index >= 15 is 0 Å². The number of hydrogen-bond acceptors (Lipinski definition) is 3. The molecule has 0 saturated carbocycles. The summed E-state index contributed by atoms with van der Waals surface area (Å²) in [6, 6.07) is 0. The molecule has 0 aliphatic carbocycles. The Morgan fingerprint density at radius 3 is 2.33 bits per heavy atom. The molecule has 72 valence electrons. The van der Waals surface area contributed by atoms with Gasteiger partial charge in [-0.25, -0.2) is 0 Å². The molecule has 2 atom stereocenters. The van der Waals surface area contributed by atoms with Gasteiger partial charge in [0.15, 0.2) is 0 Å². The molecule has 0 saturated heterocycles. The zero-order valence-electron chi connectivity index (χ0n) is 6.96. The topological polar surface area (TPSA) is 46.5 Å². The first-order valence-corrected chi connectivity index (χ1v) is 4.50. The van der Waals surface area contributed by atoms with E-state index in [4.69, 9.17) is 28.3 Å². The molecule has 0 fully saturated rings. The van der Waals surface area contributed by atoms with Crippen molar-refractivity contribution in [2.45, 2.75) is 24.8 Å². The second-order valence-corrected chi connectivity index (χ2v) is 3.52. The van der Waals surface area contributed by atoms with Crippen LogP contribution in [-0.2, 0) is 9.53 Å². The van der Waals surface area contributed by atoms with Gasteiger partial charge in [0.1, 0.15) is 10.8 Å². The van der Waals surface area contributed by atoms with Gasteiger partial charge in [-0.15, -0.1) is 23.2 Å². The molecule has 0 aromatic rings. The van der Waals surface area contributed by atoms with Crippen LogP contribution in [0.2, 0.25) is 0 Å². The van der Waals surface area contributed by atoms with Gasteiger partial charge >= 0.3 is 5.97 Å². The zero-order valence-corrected chi connectivity index (χ0v) is 8.47. The van der Waals surface area contributed by atoms with E-state index in [9.17, 15) is 4.79 Å². The maximum atomic E-state index is 11.1. The molecule has 0 aliphatic rings. The number of carbonyl (C=O) groups excluding carboxylic acids is 1. The van der Waals surface area contributed by atoms with Crippen molar-refractivity contribution in [3.05, 3.63) is 0 Å². The third-order valence-electron chi connectivity index (χ3n) is 1.35. The van der Waals surface area contributed by atoms with Crippen LogP contribution in [0.15, 0.2) is 0 Å². The number of aliphatic hydroxyl groups excluding tert-OH is 1. The van der Waals surface area contributed by atoms with Crippen molar-refractivity contribution in [3.8, 4) is 0 Å². The van der Waals surface area contributed by atoms with E-state index in [1.165, 1.54) is 6.92 Å². The molecule has 0 aliphatic heterocycles. The van der Waals surface area contributed by atoms with Gasteiger partial charge in [0.05, 0.1) is 12.7 Å². The lowest BCUT2D eigenvalue weighted by Crippen LogP contribution is -2.32.